The molecule has 1 aromatic rings. The fourth-order valence-corrected chi connectivity index (χ4v) is 2.40. The number of H-pyrrole nitrogens is 1. The van der Waals surface area contributed by atoms with Crippen molar-refractivity contribution in [2.75, 3.05) is 0 Å². The van der Waals surface area contributed by atoms with Gasteiger partial charge in [-0.3, -0.25) is 19.5 Å². The molecule has 0 unspecified atom stereocenters. The Hall–Kier alpha value is -2.38. The van der Waals surface area contributed by atoms with Crippen LogP contribution in [0.25, 0.3) is 0 Å². The number of nitrogens with zero attached hydrogens (tertiary/aromatic N) is 1. The van der Waals surface area contributed by atoms with Gasteiger partial charge in [0.1, 0.15) is 12.1 Å². The minimum atomic E-state index is -1.25. The first-order valence-electron chi connectivity index (χ1n) is 6.27. The average molecular weight is 281 g/mol. The second kappa shape index (κ2) is 5.32. The third kappa shape index (κ3) is 2.79. The van der Waals surface area contributed by atoms with E-state index in [1.807, 2.05) is 0 Å². The summed E-state index contributed by atoms with van der Waals surface area (Å²) in [6.07, 6.45) is 2.20. The molecule has 1 saturated carbocycles. The molecule has 1 aliphatic carbocycles. The molecular weight excluding hydrogens is 266 g/mol. The summed E-state index contributed by atoms with van der Waals surface area (Å²) in [5.41, 5.74) is -2.29. The van der Waals surface area contributed by atoms with E-state index in [-0.39, 0.29) is 0 Å². The number of amides is 1. The number of carbonyl (C=O) groups is 2. The van der Waals surface area contributed by atoms with Crippen LogP contribution in [0.1, 0.15) is 25.7 Å². The molecule has 8 nitrogen and oxygen atoms in total. The van der Waals surface area contributed by atoms with Gasteiger partial charge in [-0.15, -0.1) is 0 Å². The third-order valence-corrected chi connectivity index (χ3v) is 3.44. The summed E-state index contributed by atoms with van der Waals surface area (Å²) in [5, 5.41) is 13.9. The van der Waals surface area contributed by atoms with Crippen molar-refractivity contribution in [1.29, 1.82) is 0 Å². The maximum absolute atomic E-state index is 11.9. The molecule has 2 rings (SSSR count). The number of hydrogen-bond donors (Lipinski definition) is 3. The smallest absolute Gasteiger partial charge is 0.329 e. The lowest BCUT2D eigenvalue weighted by atomic mass is 9.98. The number of carbonyl (C=O) groups excluding carboxylic acids is 1. The van der Waals surface area contributed by atoms with Crippen molar-refractivity contribution >= 4 is 11.9 Å². The van der Waals surface area contributed by atoms with Crippen LogP contribution in [0.3, 0.4) is 0 Å². The minimum absolute atomic E-state index is 0.369. The number of nitrogens with one attached hydrogen (secondary N) is 2. The summed E-state index contributed by atoms with van der Waals surface area (Å²) in [6, 6.07) is 2.11. The highest BCUT2D eigenvalue weighted by Crippen LogP contribution is 2.29. The van der Waals surface area contributed by atoms with Crippen molar-refractivity contribution in [3.63, 3.8) is 0 Å². The van der Waals surface area contributed by atoms with Crippen LogP contribution in [0, 0.1) is 0 Å². The Morgan fingerprint density at radius 1 is 1.30 bits per heavy atom. The van der Waals surface area contributed by atoms with Crippen molar-refractivity contribution in [3.8, 4) is 0 Å². The Balaban J connectivity index is 2.13. The number of hydrogen-bond acceptors (Lipinski definition) is 4. The first-order chi connectivity index (χ1) is 9.43. The van der Waals surface area contributed by atoms with E-state index in [4.69, 9.17) is 0 Å². The molecule has 0 saturated heterocycles. The SMILES string of the molecule is O=C(Cn1[nH]c(=O)ccc1=O)NC1(C(=O)O)CCCC1. The first kappa shape index (κ1) is 14.0. The molecule has 108 valence electrons. The average Bonchev–Trinajstić information content (AvgIpc) is 2.83. The molecule has 1 aromatic heterocycles. The zero-order chi connectivity index (χ0) is 14.8. The van der Waals surface area contributed by atoms with E-state index in [1.54, 1.807) is 0 Å². The molecule has 0 bridgehead atoms. The zero-order valence-corrected chi connectivity index (χ0v) is 10.7. The molecule has 0 radical (unpaired) electrons. The van der Waals surface area contributed by atoms with Crippen LogP contribution in [-0.4, -0.2) is 32.3 Å². The van der Waals surface area contributed by atoms with E-state index in [2.05, 4.69) is 10.4 Å². The van der Waals surface area contributed by atoms with Gasteiger partial charge >= 0.3 is 5.97 Å². The molecule has 0 aromatic carbocycles. The number of carboxylic acids is 1. The Labute approximate surface area is 113 Å². The number of aromatic amines is 1. The Bertz CT molecular complexity index is 639. The van der Waals surface area contributed by atoms with Crippen molar-refractivity contribution in [1.82, 2.24) is 15.1 Å². The van der Waals surface area contributed by atoms with Crippen molar-refractivity contribution in [2.45, 2.75) is 37.8 Å². The maximum Gasteiger partial charge on any atom is 0.329 e. The van der Waals surface area contributed by atoms with Crippen molar-refractivity contribution in [3.05, 3.63) is 32.8 Å². The van der Waals surface area contributed by atoms with Gasteiger partial charge in [0.15, 0.2) is 0 Å². The van der Waals surface area contributed by atoms with Crippen LogP contribution in [0.4, 0.5) is 0 Å². The van der Waals surface area contributed by atoms with Crippen LogP contribution < -0.4 is 16.4 Å². The van der Waals surface area contributed by atoms with E-state index >= 15 is 0 Å². The molecule has 8 heteroatoms. The second-order valence-electron chi connectivity index (χ2n) is 4.88. The van der Waals surface area contributed by atoms with Gasteiger partial charge in [-0.1, -0.05) is 12.8 Å². The maximum atomic E-state index is 11.9. The summed E-state index contributed by atoms with van der Waals surface area (Å²) in [5.74, 6) is -1.68. The summed E-state index contributed by atoms with van der Waals surface area (Å²) in [4.78, 5) is 45.7. The summed E-state index contributed by atoms with van der Waals surface area (Å²) >= 11 is 0. The molecule has 20 heavy (non-hydrogen) atoms. The third-order valence-electron chi connectivity index (χ3n) is 3.44. The number of rotatable bonds is 4. The quantitative estimate of drug-likeness (QED) is 0.657. The Morgan fingerprint density at radius 3 is 2.55 bits per heavy atom. The Kier molecular flexibility index (Phi) is 3.73. The zero-order valence-electron chi connectivity index (χ0n) is 10.7. The van der Waals surface area contributed by atoms with Crippen molar-refractivity contribution in [2.24, 2.45) is 0 Å². The fourth-order valence-electron chi connectivity index (χ4n) is 2.40. The van der Waals surface area contributed by atoms with Gasteiger partial charge in [-0.25, -0.2) is 9.48 Å². The lowest BCUT2D eigenvalue weighted by molar-refractivity contribution is -0.147. The van der Waals surface area contributed by atoms with E-state index in [0.717, 1.165) is 29.7 Å². The molecule has 1 amide bonds. The van der Waals surface area contributed by atoms with Crippen LogP contribution in [0.5, 0.6) is 0 Å². The highest BCUT2D eigenvalue weighted by Gasteiger charge is 2.42. The van der Waals surface area contributed by atoms with Gasteiger partial charge in [0.25, 0.3) is 11.1 Å². The molecule has 0 aliphatic heterocycles. The fraction of sp³-hybridized carbons (Fsp3) is 0.500. The number of aliphatic carboxylic acids is 1. The number of carboxylic acid groups (broad SMARTS) is 1. The molecule has 0 atom stereocenters. The monoisotopic (exact) mass is 281 g/mol. The minimum Gasteiger partial charge on any atom is -0.480 e. The number of aromatic nitrogens is 2. The molecule has 1 heterocycles. The van der Waals surface area contributed by atoms with Gasteiger partial charge in [-0.05, 0) is 12.8 Å². The van der Waals surface area contributed by atoms with E-state index in [9.17, 15) is 24.3 Å². The summed E-state index contributed by atoms with van der Waals surface area (Å²) in [7, 11) is 0. The van der Waals surface area contributed by atoms with Gasteiger partial charge in [-0.2, -0.15) is 0 Å². The van der Waals surface area contributed by atoms with Gasteiger partial charge < -0.3 is 10.4 Å². The standard InChI is InChI=1S/C12H15N3O5/c16-8-3-4-10(18)15(14-8)7-9(17)13-12(11(19)20)5-1-2-6-12/h3-4H,1-2,5-7H2,(H,13,17)(H,14,16)(H,19,20). The van der Waals surface area contributed by atoms with E-state index < -0.39 is 35.1 Å². The summed E-state index contributed by atoms with van der Waals surface area (Å²) in [6.45, 7) is -0.413. The molecule has 1 aliphatic rings. The van der Waals surface area contributed by atoms with Crippen LogP contribution in [0.2, 0.25) is 0 Å². The van der Waals surface area contributed by atoms with E-state index in [0.29, 0.717) is 12.8 Å². The van der Waals surface area contributed by atoms with E-state index in [1.165, 1.54) is 0 Å². The van der Waals surface area contributed by atoms with Gasteiger partial charge in [0, 0.05) is 12.1 Å². The largest absolute Gasteiger partial charge is 0.480 e. The normalized spacial score (nSPS) is 16.8. The molecular formula is C12H15N3O5. The lowest BCUT2D eigenvalue weighted by Crippen LogP contribution is -2.54. The molecule has 0 spiro atoms. The molecule has 3 N–H and O–H groups in total. The summed E-state index contributed by atoms with van der Waals surface area (Å²) < 4.78 is 0.849. The van der Waals surface area contributed by atoms with Crippen LogP contribution in [0.15, 0.2) is 21.7 Å². The predicted molar refractivity (Wildman–Crippen MR) is 68.3 cm³/mol. The first-order valence-corrected chi connectivity index (χ1v) is 6.27. The molecule has 1 fully saturated rings. The highest BCUT2D eigenvalue weighted by molar-refractivity contribution is 5.87. The lowest BCUT2D eigenvalue weighted by Gasteiger charge is -2.25. The predicted octanol–water partition coefficient (Wildman–Crippen LogP) is -0.950. The van der Waals surface area contributed by atoms with Crippen molar-refractivity contribution < 1.29 is 14.7 Å². The van der Waals surface area contributed by atoms with Crippen LogP contribution >= 0.6 is 0 Å². The van der Waals surface area contributed by atoms with Gasteiger partial charge in [0.05, 0.1) is 0 Å². The topological polar surface area (TPSA) is 121 Å². The van der Waals surface area contributed by atoms with Crippen LogP contribution in [-0.2, 0) is 16.1 Å². The Morgan fingerprint density at radius 2 is 1.95 bits per heavy atom. The highest BCUT2D eigenvalue weighted by atomic mass is 16.4. The second-order valence-corrected chi connectivity index (χ2v) is 4.88. The van der Waals surface area contributed by atoms with Gasteiger partial charge in [0.2, 0.25) is 5.91 Å².